The quantitative estimate of drug-likeness (QED) is 0.120. The first-order valence-corrected chi connectivity index (χ1v) is 21.2. The predicted molar refractivity (Wildman–Crippen MR) is 245 cm³/mol. The van der Waals surface area contributed by atoms with Gasteiger partial charge in [0.2, 0.25) is 0 Å². The number of hydrogen-bond donors (Lipinski definition) is 0. The molecule has 0 bridgehead atoms. The van der Waals surface area contributed by atoms with Crippen LogP contribution >= 0.6 is 0 Å². The van der Waals surface area contributed by atoms with Crippen molar-refractivity contribution < 1.29 is 26.2 Å². The summed E-state index contributed by atoms with van der Waals surface area (Å²) in [6, 6.07) is 62.8. The fourth-order valence-corrected chi connectivity index (χ4v) is 8.67. The van der Waals surface area contributed by atoms with Crippen LogP contribution in [0.1, 0.15) is 82.7 Å². The van der Waals surface area contributed by atoms with Crippen LogP contribution in [0.5, 0.6) is 0 Å². The Labute approximate surface area is 363 Å². The maximum Gasteiger partial charge on any atom is 2.00 e. The smallest absolute Gasteiger partial charge is 0.179 e. The fraction of sp³-hybridized carbons (Fsp3) is 0.218. The van der Waals surface area contributed by atoms with Crippen molar-refractivity contribution in [1.29, 1.82) is 0 Å². The Balaban J connectivity index is 0.000000148. The molecule has 8 aromatic carbocycles. The fourth-order valence-electron chi connectivity index (χ4n) is 7.62. The summed E-state index contributed by atoms with van der Waals surface area (Å²) in [6.07, 6.45) is 3.38. The molecule has 0 spiro atoms. The minimum atomic E-state index is 0. The molecular weight excluding hydrogens is 780 g/mol. The van der Waals surface area contributed by atoms with Gasteiger partial charge in [-0.3, -0.25) is 0 Å². The molecule has 0 fully saturated rings. The van der Waals surface area contributed by atoms with Crippen LogP contribution in [0.3, 0.4) is 0 Å². The number of fused-ring (bicyclic) bond motifs is 5. The van der Waals surface area contributed by atoms with Crippen LogP contribution in [0, 0.1) is 6.07 Å². The van der Waals surface area contributed by atoms with E-state index in [-0.39, 0.29) is 37.0 Å². The van der Waals surface area contributed by atoms with Gasteiger partial charge in [0, 0.05) is 0 Å². The summed E-state index contributed by atoms with van der Waals surface area (Å²) in [5, 5.41) is 8.16. The van der Waals surface area contributed by atoms with Gasteiger partial charge in [0.25, 0.3) is 0 Å². The standard InChI is InChI=1S/C22H19.C21H25.C12H10Si.Zr/c1-2-7-16-14-18-10-6-13-21(22(18)15-16)20-12-5-9-17-8-3-4-11-19(17)20;1-20(2,3)16-9-7-14-11-15-8-10-17(21(4,5)6)13-19(15)18(14)12-16;1-3-7-11(8-4-1)13-12-9-5-2-6-10-12;/h3-6,8-15H,2,7H2,1H3;7,9-10,12-13H,11H2,1-6H3;1-10H;/q2*-1;;+2. The van der Waals surface area contributed by atoms with Gasteiger partial charge in [-0.2, -0.15) is 35.4 Å². The molecule has 0 amide bonds. The maximum atomic E-state index is 3.53. The first kappa shape index (κ1) is 42.1. The van der Waals surface area contributed by atoms with E-state index < -0.39 is 0 Å². The Morgan fingerprint density at radius 3 is 1.79 bits per heavy atom. The summed E-state index contributed by atoms with van der Waals surface area (Å²) in [4.78, 5) is 0. The van der Waals surface area contributed by atoms with E-state index in [4.69, 9.17) is 0 Å². The molecule has 0 saturated heterocycles. The minimum absolute atomic E-state index is 0. The summed E-state index contributed by atoms with van der Waals surface area (Å²) in [5.41, 5.74) is 12.9. The van der Waals surface area contributed by atoms with Crippen molar-refractivity contribution in [2.75, 3.05) is 0 Å². The van der Waals surface area contributed by atoms with Gasteiger partial charge < -0.3 is 0 Å². The van der Waals surface area contributed by atoms with Crippen molar-refractivity contribution >= 4 is 41.4 Å². The Kier molecular flexibility index (Phi) is 13.6. The van der Waals surface area contributed by atoms with Crippen LogP contribution in [0.15, 0.2) is 164 Å². The topological polar surface area (TPSA) is 0 Å². The second-order valence-electron chi connectivity index (χ2n) is 17.1. The van der Waals surface area contributed by atoms with Crippen molar-refractivity contribution in [1.82, 2.24) is 0 Å². The Morgan fingerprint density at radius 2 is 1.14 bits per heavy atom. The molecule has 1 aliphatic carbocycles. The van der Waals surface area contributed by atoms with Gasteiger partial charge in [0.15, 0.2) is 0 Å². The second-order valence-corrected chi connectivity index (χ2v) is 18.5. The first-order chi connectivity index (χ1) is 27.0. The van der Waals surface area contributed by atoms with Crippen LogP contribution in [0.2, 0.25) is 0 Å². The molecule has 9 rings (SSSR count). The Hall–Kier alpha value is -4.49. The zero-order valence-electron chi connectivity index (χ0n) is 34.7. The third kappa shape index (κ3) is 10.2. The van der Waals surface area contributed by atoms with E-state index in [1.54, 1.807) is 0 Å². The summed E-state index contributed by atoms with van der Waals surface area (Å²) in [7, 11) is 0.777. The van der Waals surface area contributed by atoms with E-state index in [9.17, 15) is 0 Å². The Morgan fingerprint density at radius 1 is 0.561 bits per heavy atom. The molecule has 0 heterocycles. The van der Waals surface area contributed by atoms with Gasteiger partial charge >= 0.3 is 26.2 Å². The van der Waals surface area contributed by atoms with Gasteiger partial charge in [-0.25, -0.2) is 0 Å². The van der Waals surface area contributed by atoms with E-state index in [2.05, 4.69) is 218 Å². The van der Waals surface area contributed by atoms with Gasteiger partial charge in [0.1, 0.15) is 9.52 Å². The van der Waals surface area contributed by atoms with Gasteiger partial charge in [0.05, 0.1) is 0 Å². The summed E-state index contributed by atoms with van der Waals surface area (Å²) < 4.78 is 0. The molecule has 0 atom stereocenters. The molecule has 282 valence electrons. The van der Waals surface area contributed by atoms with Crippen molar-refractivity contribution in [2.24, 2.45) is 0 Å². The average Bonchev–Trinajstić information content (AvgIpc) is 3.79. The third-order valence-corrected chi connectivity index (χ3v) is 12.0. The predicted octanol–water partition coefficient (Wildman–Crippen LogP) is 13.3. The SMILES string of the molecule is CC(C)(C)c1c[c-]c2c(c1)-c1cc(C(C)(C)C)ccc1C2.CCCc1cc2c(-c3cccc4ccccc34)cccc2[cH-]1.[Zr+2].c1ccc([Si]c2ccccc2)cc1. The van der Waals surface area contributed by atoms with E-state index >= 15 is 0 Å². The van der Waals surface area contributed by atoms with Gasteiger partial charge in [-0.05, 0) is 40.2 Å². The molecule has 0 aliphatic heterocycles. The van der Waals surface area contributed by atoms with Crippen molar-refractivity contribution in [3.63, 3.8) is 0 Å². The maximum absolute atomic E-state index is 3.53. The van der Waals surface area contributed by atoms with Crippen molar-refractivity contribution in [3.05, 3.63) is 198 Å². The zero-order chi connectivity index (χ0) is 39.3. The molecule has 0 aromatic heterocycles. The van der Waals surface area contributed by atoms with Crippen molar-refractivity contribution in [2.45, 2.75) is 78.6 Å². The normalized spacial score (nSPS) is 11.8. The third-order valence-electron chi connectivity index (χ3n) is 10.8. The number of aryl methyl sites for hydroxylation is 1. The van der Waals surface area contributed by atoms with Crippen LogP contribution in [0.25, 0.3) is 43.8 Å². The average molecular weight is 834 g/mol. The number of rotatable bonds is 5. The molecule has 8 aromatic rings. The van der Waals surface area contributed by atoms with Gasteiger partial charge in [-0.15, -0.1) is 40.1 Å². The molecule has 2 radical (unpaired) electrons. The monoisotopic (exact) mass is 832 g/mol. The van der Waals surface area contributed by atoms with E-state index in [0.29, 0.717) is 0 Å². The van der Waals surface area contributed by atoms with Crippen molar-refractivity contribution in [3.8, 4) is 22.3 Å². The summed E-state index contributed by atoms with van der Waals surface area (Å²) >= 11 is 0. The second kappa shape index (κ2) is 18.4. The van der Waals surface area contributed by atoms with Crippen LogP contribution in [-0.2, 0) is 49.9 Å². The molecule has 2 heteroatoms. The van der Waals surface area contributed by atoms with E-state index in [1.807, 2.05) is 0 Å². The molecule has 0 unspecified atom stereocenters. The summed E-state index contributed by atoms with van der Waals surface area (Å²) in [5.74, 6) is 0. The Bertz CT molecular complexity index is 2440. The number of benzene rings is 7. The first-order valence-electron chi connectivity index (χ1n) is 20.2. The van der Waals surface area contributed by atoms with E-state index in [0.717, 1.165) is 22.4 Å². The van der Waals surface area contributed by atoms with Crippen LogP contribution < -0.4 is 10.4 Å². The van der Waals surface area contributed by atoms with Gasteiger partial charge in [-0.1, -0.05) is 215 Å². The van der Waals surface area contributed by atoms with Crippen LogP contribution in [-0.4, -0.2) is 9.52 Å². The zero-order valence-corrected chi connectivity index (χ0v) is 38.2. The molecule has 0 nitrogen and oxygen atoms in total. The minimum Gasteiger partial charge on any atom is -0.179 e. The molecule has 57 heavy (non-hydrogen) atoms. The molecule has 0 saturated carbocycles. The summed E-state index contributed by atoms with van der Waals surface area (Å²) in [6.45, 7) is 15.9. The van der Waals surface area contributed by atoms with E-state index in [1.165, 1.54) is 88.4 Å². The molecular formula is C55H54SiZr. The van der Waals surface area contributed by atoms with Crippen LogP contribution in [0.4, 0.5) is 0 Å². The molecule has 1 aliphatic rings. The largest absolute Gasteiger partial charge is 2.00 e. The molecule has 0 N–H and O–H groups in total. The number of hydrogen-bond acceptors (Lipinski definition) is 0.